The second-order valence-corrected chi connectivity index (χ2v) is 8.04. The molecule has 2 N–H and O–H groups in total. The summed E-state index contributed by atoms with van der Waals surface area (Å²) >= 11 is 1.05. The number of nitrogens with zero attached hydrogens (tertiary/aromatic N) is 2. The zero-order valence-corrected chi connectivity index (χ0v) is 19.1. The summed E-state index contributed by atoms with van der Waals surface area (Å²) in [5, 5.41) is 18.9. The first-order chi connectivity index (χ1) is 16.0. The van der Waals surface area contributed by atoms with Crippen molar-refractivity contribution in [2.24, 2.45) is 10.2 Å². The molecule has 1 atom stereocenters. The van der Waals surface area contributed by atoms with Crippen molar-refractivity contribution in [3.8, 4) is 17.2 Å². The van der Waals surface area contributed by atoms with Crippen molar-refractivity contribution in [1.82, 2.24) is 5.32 Å². The van der Waals surface area contributed by atoms with Gasteiger partial charge in [0.05, 0.1) is 25.8 Å². The Morgan fingerprint density at radius 1 is 1.12 bits per heavy atom. The topological polar surface area (TPSA) is 119 Å². The van der Waals surface area contributed by atoms with Crippen LogP contribution in [0.3, 0.4) is 0 Å². The first-order valence-corrected chi connectivity index (χ1v) is 11.3. The number of hydrogen-bond donors (Lipinski definition) is 2. The van der Waals surface area contributed by atoms with Gasteiger partial charge in [-0.05, 0) is 49.2 Å². The zero-order valence-electron chi connectivity index (χ0n) is 18.3. The van der Waals surface area contributed by atoms with E-state index >= 15 is 0 Å². The molecule has 2 aromatic carbocycles. The molecule has 9 nitrogen and oxygen atoms in total. The summed E-state index contributed by atoms with van der Waals surface area (Å²) in [7, 11) is 0. The first-order valence-electron chi connectivity index (χ1n) is 10.4. The molecular formula is C23H25N3O6S. The molecule has 0 bridgehead atoms. The molecule has 0 spiro atoms. The van der Waals surface area contributed by atoms with E-state index in [4.69, 9.17) is 19.3 Å². The lowest BCUT2D eigenvalue weighted by atomic mass is 10.2. The van der Waals surface area contributed by atoms with Crippen molar-refractivity contribution in [1.29, 1.82) is 0 Å². The van der Waals surface area contributed by atoms with Crippen LogP contribution in [0.1, 0.15) is 31.4 Å². The Bertz CT molecular complexity index is 1060. The summed E-state index contributed by atoms with van der Waals surface area (Å²) < 4.78 is 17.1. The van der Waals surface area contributed by atoms with Crippen LogP contribution < -0.4 is 19.5 Å². The van der Waals surface area contributed by atoms with Crippen molar-refractivity contribution < 1.29 is 28.9 Å². The van der Waals surface area contributed by atoms with Crippen LogP contribution in [-0.4, -0.2) is 46.8 Å². The van der Waals surface area contributed by atoms with Crippen LogP contribution in [0, 0.1) is 0 Å². The lowest BCUT2D eigenvalue weighted by molar-refractivity contribution is -0.138. The molecule has 33 heavy (non-hydrogen) atoms. The number of carboxylic acid groups (broad SMARTS) is 1. The van der Waals surface area contributed by atoms with E-state index in [1.807, 2.05) is 56.3 Å². The Balaban J connectivity index is 1.59. The monoisotopic (exact) mass is 471 g/mol. The third kappa shape index (κ3) is 7.25. The number of nitrogens with one attached hydrogen (secondary N) is 1. The van der Waals surface area contributed by atoms with Crippen LogP contribution in [0.5, 0.6) is 17.2 Å². The van der Waals surface area contributed by atoms with Gasteiger partial charge >= 0.3 is 5.97 Å². The van der Waals surface area contributed by atoms with Crippen LogP contribution in [0.2, 0.25) is 0 Å². The summed E-state index contributed by atoms with van der Waals surface area (Å²) in [5.74, 6) is 0.623. The number of aliphatic carboxylic acids is 1. The molecule has 0 radical (unpaired) electrons. The van der Waals surface area contributed by atoms with Crippen molar-refractivity contribution >= 4 is 35.0 Å². The van der Waals surface area contributed by atoms with Crippen molar-refractivity contribution in [2.75, 3.05) is 13.2 Å². The minimum absolute atomic E-state index is 0.265. The zero-order chi connectivity index (χ0) is 23.6. The van der Waals surface area contributed by atoms with Gasteiger partial charge in [-0.15, -0.1) is 5.10 Å². The van der Waals surface area contributed by atoms with Gasteiger partial charge in [0.25, 0.3) is 0 Å². The highest BCUT2D eigenvalue weighted by Gasteiger charge is 2.32. The molecule has 0 saturated carbocycles. The van der Waals surface area contributed by atoms with E-state index < -0.39 is 11.2 Å². The van der Waals surface area contributed by atoms with Crippen molar-refractivity contribution in [3.63, 3.8) is 0 Å². The quantitative estimate of drug-likeness (QED) is 0.380. The van der Waals surface area contributed by atoms with E-state index in [0.29, 0.717) is 37.1 Å². The Kier molecular flexibility index (Phi) is 8.71. The summed E-state index contributed by atoms with van der Waals surface area (Å²) in [6.45, 7) is 5.30. The molecule has 1 heterocycles. The first kappa shape index (κ1) is 24.1. The van der Waals surface area contributed by atoms with E-state index in [0.717, 1.165) is 22.9 Å². The van der Waals surface area contributed by atoms with Crippen molar-refractivity contribution in [3.05, 3.63) is 53.6 Å². The molecule has 10 heteroatoms. The molecule has 0 aliphatic carbocycles. The maximum absolute atomic E-state index is 11.7. The van der Waals surface area contributed by atoms with Crippen LogP contribution in [0.4, 0.5) is 0 Å². The van der Waals surface area contributed by atoms with E-state index in [-0.39, 0.29) is 17.5 Å². The molecule has 1 unspecified atom stereocenters. The van der Waals surface area contributed by atoms with Crippen LogP contribution in [0.25, 0.3) is 0 Å². The summed E-state index contributed by atoms with van der Waals surface area (Å²) in [6, 6.07) is 13.0. The van der Waals surface area contributed by atoms with Gasteiger partial charge < -0.3 is 24.6 Å². The Hall–Kier alpha value is -3.53. The van der Waals surface area contributed by atoms with E-state index in [1.54, 1.807) is 0 Å². The van der Waals surface area contributed by atoms with Gasteiger partial charge in [-0.2, -0.15) is 5.10 Å². The second kappa shape index (κ2) is 11.9. The number of rotatable bonds is 11. The van der Waals surface area contributed by atoms with Gasteiger partial charge in [-0.3, -0.25) is 9.59 Å². The van der Waals surface area contributed by atoms with Gasteiger partial charge in [-0.1, -0.05) is 30.0 Å². The number of ether oxygens (including phenoxy) is 3. The van der Waals surface area contributed by atoms with Crippen LogP contribution in [-0.2, 0) is 16.2 Å². The standard InChI is InChI=1S/C23H25N3O6S/c1-3-30-18-9-8-16(11-19(18)31-4-2)14-32-17-7-5-6-15(10-17)13-24-26-23-25-22(29)20(33-23)12-21(27)28/h5-11,13,20H,3-4,12,14H2,1-2H3,(H,27,28)(H,25,26,29). The predicted octanol–water partition coefficient (Wildman–Crippen LogP) is 3.46. The SMILES string of the molecule is CCOc1ccc(COc2cccc(C=NN=C3NC(=O)C(CC(=O)O)S3)c2)cc1OCC. The average molecular weight is 472 g/mol. The lowest BCUT2D eigenvalue weighted by Gasteiger charge is -2.13. The molecule has 3 rings (SSSR count). The molecule has 2 aromatic rings. The Morgan fingerprint density at radius 2 is 1.91 bits per heavy atom. The number of carboxylic acids is 1. The molecule has 0 aromatic heterocycles. The maximum Gasteiger partial charge on any atom is 0.305 e. The number of benzene rings is 2. The largest absolute Gasteiger partial charge is 0.490 e. The van der Waals surface area contributed by atoms with E-state index in [9.17, 15) is 9.59 Å². The number of amidine groups is 1. The van der Waals surface area contributed by atoms with Crippen LogP contribution >= 0.6 is 11.8 Å². The highest BCUT2D eigenvalue weighted by atomic mass is 32.2. The number of carbonyl (C=O) groups excluding carboxylic acids is 1. The maximum atomic E-state index is 11.7. The normalized spacial score (nSPS) is 16.7. The Morgan fingerprint density at radius 3 is 2.67 bits per heavy atom. The van der Waals surface area contributed by atoms with E-state index in [2.05, 4.69) is 15.5 Å². The highest BCUT2D eigenvalue weighted by molar-refractivity contribution is 8.15. The summed E-state index contributed by atoms with van der Waals surface area (Å²) in [6.07, 6.45) is 1.26. The number of carbonyl (C=O) groups is 2. The molecule has 1 aliphatic rings. The molecule has 1 aliphatic heterocycles. The van der Waals surface area contributed by atoms with Gasteiger partial charge in [0, 0.05) is 0 Å². The van der Waals surface area contributed by atoms with Crippen LogP contribution in [0.15, 0.2) is 52.7 Å². The third-order valence-corrected chi connectivity index (χ3v) is 5.44. The molecule has 1 amide bonds. The van der Waals surface area contributed by atoms with Gasteiger partial charge in [0.15, 0.2) is 16.7 Å². The van der Waals surface area contributed by atoms with Gasteiger partial charge in [0.1, 0.15) is 17.6 Å². The summed E-state index contributed by atoms with van der Waals surface area (Å²) in [4.78, 5) is 22.5. The average Bonchev–Trinajstić information content (AvgIpc) is 3.13. The molecule has 174 valence electrons. The lowest BCUT2D eigenvalue weighted by Crippen LogP contribution is -2.26. The van der Waals surface area contributed by atoms with E-state index in [1.165, 1.54) is 6.21 Å². The van der Waals surface area contributed by atoms with Gasteiger partial charge in [0.2, 0.25) is 5.91 Å². The number of amides is 1. The fourth-order valence-corrected chi connectivity index (χ4v) is 3.84. The minimum atomic E-state index is -1.04. The minimum Gasteiger partial charge on any atom is -0.490 e. The molecule has 1 fully saturated rings. The Labute approximate surface area is 195 Å². The fraction of sp³-hybridized carbons (Fsp3) is 0.304. The number of hydrogen-bond acceptors (Lipinski definition) is 8. The van der Waals surface area contributed by atoms with Gasteiger partial charge in [-0.25, -0.2) is 0 Å². The summed E-state index contributed by atoms with van der Waals surface area (Å²) in [5.41, 5.74) is 1.70. The molecule has 1 saturated heterocycles. The van der Waals surface area contributed by atoms with Crippen molar-refractivity contribution in [2.45, 2.75) is 32.1 Å². The molecular weight excluding hydrogens is 446 g/mol. The third-order valence-electron chi connectivity index (χ3n) is 4.36. The fourth-order valence-electron chi connectivity index (χ4n) is 2.93. The smallest absolute Gasteiger partial charge is 0.305 e. The highest BCUT2D eigenvalue weighted by Crippen LogP contribution is 2.29. The number of thioether (sulfide) groups is 1. The predicted molar refractivity (Wildman–Crippen MR) is 126 cm³/mol. The second-order valence-electron chi connectivity index (χ2n) is 6.85.